The highest BCUT2D eigenvalue weighted by atomic mass is 16.1. The summed E-state index contributed by atoms with van der Waals surface area (Å²) in [4.78, 5) is 17.9. The number of aryl methyl sites for hydroxylation is 1. The molecule has 1 rings (SSSR count). The smallest absolute Gasteiger partial charge is 0.239 e. The van der Waals surface area contributed by atoms with Gasteiger partial charge in [0.15, 0.2) is 0 Å². The van der Waals surface area contributed by atoms with Gasteiger partial charge < -0.3 is 15.5 Å². The standard InChI is InChI=1S/C13H22N4O/c1-5-17(9-12(18)15-4)13-10(2)6-11(7-14-3)8-16-13/h6,8,14H,5,7,9H2,1-4H3,(H,15,18). The highest BCUT2D eigenvalue weighted by molar-refractivity contribution is 5.80. The molecule has 0 aliphatic heterocycles. The fourth-order valence-electron chi connectivity index (χ4n) is 1.85. The summed E-state index contributed by atoms with van der Waals surface area (Å²) in [6.45, 7) is 5.94. The normalized spacial score (nSPS) is 10.2. The van der Waals surface area contributed by atoms with Crippen molar-refractivity contribution in [2.45, 2.75) is 20.4 Å². The predicted molar refractivity (Wildman–Crippen MR) is 73.7 cm³/mol. The average Bonchev–Trinajstić information content (AvgIpc) is 2.37. The minimum atomic E-state index is -0.00245. The summed E-state index contributed by atoms with van der Waals surface area (Å²) in [6, 6.07) is 2.10. The lowest BCUT2D eigenvalue weighted by molar-refractivity contribution is -0.119. The monoisotopic (exact) mass is 250 g/mol. The molecule has 0 fully saturated rings. The second-order valence-corrected chi connectivity index (χ2v) is 4.20. The van der Waals surface area contributed by atoms with E-state index in [-0.39, 0.29) is 5.91 Å². The first-order valence-electron chi connectivity index (χ1n) is 6.18. The maximum atomic E-state index is 11.4. The van der Waals surface area contributed by atoms with Crippen LogP contribution in [0.25, 0.3) is 0 Å². The zero-order valence-electron chi connectivity index (χ0n) is 11.6. The fourth-order valence-corrected chi connectivity index (χ4v) is 1.85. The molecule has 0 unspecified atom stereocenters. The first kappa shape index (κ1) is 14.4. The van der Waals surface area contributed by atoms with Crippen LogP contribution in [-0.4, -0.2) is 38.1 Å². The molecule has 0 radical (unpaired) electrons. The Kier molecular flexibility index (Phi) is 5.58. The van der Waals surface area contributed by atoms with Crippen molar-refractivity contribution in [2.24, 2.45) is 0 Å². The van der Waals surface area contributed by atoms with Gasteiger partial charge >= 0.3 is 0 Å². The zero-order valence-corrected chi connectivity index (χ0v) is 11.6. The van der Waals surface area contributed by atoms with Gasteiger partial charge in [0, 0.05) is 26.3 Å². The predicted octanol–water partition coefficient (Wildman–Crippen LogP) is 0.682. The summed E-state index contributed by atoms with van der Waals surface area (Å²) in [6.07, 6.45) is 1.85. The average molecular weight is 250 g/mol. The number of likely N-dealkylation sites (N-methyl/N-ethyl adjacent to an activating group) is 2. The van der Waals surface area contributed by atoms with Gasteiger partial charge in [0.05, 0.1) is 6.54 Å². The van der Waals surface area contributed by atoms with E-state index in [9.17, 15) is 4.79 Å². The molecule has 0 atom stereocenters. The number of carbonyl (C=O) groups excluding carboxylic acids is 1. The number of carbonyl (C=O) groups is 1. The minimum absolute atomic E-state index is 0.00245. The summed E-state index contributed by atoms with van der Waals surface area (Å²) < 4.78 is 0. The number of pyridine rings is 1. The van der Waals surface area contributed by atoms with Crippen molar-refractivity contribution in [1.29, 1.82) is 0 Å². The summed E-state index contributed by atoms with van der Waals surface area (Å²) >= 11 is 0. The SMILES string of the molecule is CCN(CC(=O)NC)c1ncc(CNC)cc1C. The molecule has 2 N–H and O–H groups in total. The molecule has 0 aliphatic carbocycles. The zero-order chi connectivity index (χ0) is 13.5. The lowest BCUT2D eigenvalue weighted by Gasteiger charge is -2.23. The maximum absolute atomic E-state index is 11.4. The molecule has 5 heteroatoms. The molecule has 5 nitrogen and oxygen atoms in total. The molecule has 0 bridgehead atoms. The summed E-state index contributed by atoms with van der Waals surface area (Å²) in [5.74, 6) is 0.873. The van der Waals surface area contributed by atoms with Gasteiger partial charge in [-0.15, -0.1) is 0 Å². The van der Waals surface area contributed by atoms with Crippen LogP contribution in [0.3, 0.4) is 0 Å². The Hall–Kier alpha value is -1.62. The van der Waals surface area contributed by atoms with E-state index in [0.29, 0.717) is 6.54 Å². The van der Waals surface area contributed by atoms with Gasteiger partial charge in [0.25, 0.3) is 0 Å². The van der Waals surface area contributed by atoms with Crippen LogP contribution in [0.4, 0.5) is 5.82 Å². The van der Waals surface area contributed by atoms with Crippen molar-refractivity contribution < 1.29 is 4.79 Å². The van der Waals surface area contributed by atoms with Crippen LogP contribution in [0, 0.1) is 6.92 Å². The van der Waals surface area contributed by atoms with Gasteiger partial charge in [-0.3, -0.25) is 4.79 Å². The third kappa shape index (κ3) is 3.70. The van der Waals surface area contributed by atoms with E-state index in [1.165, 1.54) is 0 Å². The molecule has 1 aromatic rings. The van der Waals surface area contributed by atoms with E-state index in [2.05, 4.69) is 21.7 Å². The summed E-state index contributed by atoms with van der Waals surface area (Å²) in [7, 11) is 3.56. The number of nitrogens with zero attached hydrogens (tertiary/aromatic N) is 2. The Labute approximate surface area is 109 Å². The molecular formula is C13H22N4O. The van der Waals surface area contributed by atoms with Crippen LogP contribution in [0.1, 0.15) is 18.1 Å². The molecule has 1 heterocycles. The molecule has 1 aromatic heterocycles. The van der Waals surface area contributed by atoms with Crippen molar-refractivity contribution in [1.82, 2.24) is 15.6 Å². The lowest BCUT2D eigenvalue weighted by Crippen LogP contribution is -2.36. The second kappa shape index (κ2) is 6.96. The maximum Gasteiger partial charge on any atom is 0.239 e. The van der Waals surface area contributed by atoms with Gasteiger partial charge in [-0.1, -0.05) is 0 Å². The van der Waals surface area contributed by atoms with Crippen LogP contribution < -0.4 is 15.5 Å². The van der Waals surface area contributed by atoms with E-state index < -0.39 is 0 Å². The molecule has 18 heavy (non-hydrogen) atoms. The Morgan fingerprint density at radius 3 is 2.67 bits per heavy atom. The van der Waals surface area contributed by atoms with Crippen LogP contribution in [0.2, 0.25) is 0 Å². The Balaban J connectivity index is 2.89. The molecule has 100 valence electrons. The Morgan fingerprint density at radius 2 is 2.17 bits per heavy atom. The van der Waals surface area contributed by atoms with Gasteiger partial charge in [-0.05, 0) is 38.1 Å². The molecule has 0 spiro atoms. The van der Waals surface area contributed by atoms with Crippen molar-refractivity contribution >= 4 is 11.7 Å². The molecule has 0 aliphatic rings. The number of hydrogen-bond donors (Lipinski definition) is 2. The summed E-state index contributed by atoms with van der Waals surface area (Å²) in [5, 5.41) is 5.73. The van der Waals surface area contributed by atoms with E-state index in [1.54, 1.807) is 7.05 Å². The molecule has 1 amide bonds. The first-order valence-corrected chi connectivity index (χ1v) is 6.18. The van der Waals surface area contributed by atoms with Gasteiger partial charge in [0.2, 0.25) is 5.91 Å². The number of anilines is 1. The minimum Gasteiger partial charge on any atom is -0.358 e. The number of rotatable bonds is 6. The van der Waals surface area contributed by atoms with E-state index in [0.717, 1.165) is 30.0 Å². The Morgan fingerprint density at radius 1 is 1.44 bits per heavy atom. The third-order valence-electron chi connectivity index (χ3n) is 2.78. The molecule has 0 saturated carbocycles. The Bertz CT molecular complexity index is 406. The number of aromatic nitrogens is 1. The molecule has 0 aromatic carbocycles. The van der Waals surface area contributed by atoms with Gasteiger partial charge in [0.1, 0.15) is 5.82 Å². The number of hydrogen-bond acceptors (Lipinski definition) is 4. The van der Waals surface area contributed by atoms with Gasteiger partial charge in [-0.2, -0.15) is 0 Å². The fraction of sp³-hybridized carbons (Fsp3) is 0.538. The largest absolute Gasteiger partial charge is 0.358 e. The third-order valence-corrected chi connectivity index (χ3v) is 2.78. The highest BCUT2D eigenvalue weighted by Crippen LogP contribution is 2.17. The number of amides is 1. The molecular weight excluding hydrogens is 228 g/mol. The van der Waals surface area contributed by atoms with Crippen LogP contribution in [0.5, 0.6) is 0 Å². The second-order valence-electron chi connectivity index (χ2n) is 4.20. The van der Waals surface area contributed by atoms with Crippen LogP contribution in [0.15, 0.2) is 12.3 Å². The topological polar surface area (TPSA) is 57.3 Å². The van der Waals surface area contributed by atoms with Crippen LogP contribution in [-0.2, 0) is 11.3 Å². The highest BCUT2D eigenvalue weighted by Gasteiger charge is 2.12. The van der Waals surface area contributed by atoms with Crippen molar-refractivity contribution in [3.63, 3.8) is 0 Å². The van der Waals surface area contributed by atoms with Crippen molar-refractivity contribution in [2.75, 3.05) is 32.1 Å². The van der Waals surface area contributed by atoms with E-state index >= 15 is 0 Å². The quantitative estimate of drug-likeness (QED) is 0.779. The van der Waals surface area contributed by atoms with Crippen molar-refractivity contribution in [3.05, 3.63) is 23.4 Å². The first-order chi connectivity index (χ1) is 8.62. The lowest BCUT2D eigenvalue weighted by atomic mass is 10.2. The molecule has 0 saturated heterocycles. The van der Waals surface area contributed by atoms with Crippen molar-refractivity contribution in [3.8, 4) is 0 Å². The summed E-state index contributed by atoms with van der Waals surface area (Å²) in [5.41, 5.74) is 2.24. The van der Waals surface area contributed by atoms with Crippen LogP contribution >= 0.6 is 0 Å². The number of nitrogens with one attached hydrogen (secondary N) is 2. The van der Waals surface area contributed by atoms with E-state index in [1.807, 2.05) is 32.0 Å². The van der Waals surface area contributed by atoms with Gasteiger partial charge in [-0.25, -0.2) is 4.98 Å². The van der Waals surface area contributed by atoms with E-state index in [4.69, 9.17) is 0 Å².